The molecule has 7 nitrogen and oxygen atoms in total. The van der Waals surface area contributed by atoms with Gasteiger partial charge in [-0.2, -0.15) is 23.4 Å². The molecule has 0 bridgehead atoms. The largest absolute Gasteiger partial charge is 0.397 e. The lowest BCUT2D eigenvalue weighted by molar-refractivity contribution is -0.150. The molecule has 2 heterocycles. The summed E-state index contributed by atoms with van der Waals surface area (Å²) in [5.41, 5.74) is 3.48. The molecule has 0 spiro atoms. The lowest BCUT2D eigenvalue weighted by Gasteiger charge is -2.08. The Morgan fingerprint density at radius 1 is 1.03 bits per heavy atom. The van der Waals surface area contributed by atoms with Crippen LogP contribution in [0.4, 0.5) is 30.5 Å². The number of rotatable bonds is 5. The number of para-hydroxylation sites is 1. The van der Waals surface area contributed by atoms with Crippen molar-refractivity contribution in [2.24, 2.45) is 0 Å². The highest BCUT2D eigenvalue weighted by Gasteiger charge is 2.31. The lowest BCUT2D eigenvalue weighted by atomic mass is 10.1. The molecule has 0 radical (unpaired) electrons. The van der Waals surface area contributed by atoms with Crippen molar-refractivity contribution >= 4 is 28.9 Å². The van der Waals surface area contributed by atoms with Crippen LogP contribution in [0.5, 0.6) is 0 Å². The molecule has 0 fully saturated rings. The van der Waals surface area contributed by atoms with Crippen LogP contribution in [-0.4, -0.2) is 26.7 Å². The molecule has 2 aromatic heterocycles. The van der Waals surface area contributed by atoms with Crippen LogP contribution in [0.1, 0.15) is 12.0 Å². The van der Waals surface area contributed by atoms with Gasteiger partial charge >= 0.3 is 6.18 Å². The molecule has 1 amide bonds. The third-order valence-corrected chi connectivity index (χ3v) is 4.49. The van der Waals surface area contributed by atoms with Gasteiger partial charge in [-0.05, 0) is 42.0 Å². The standard InChI is InChI=1S/C22H15F3N6O/c23-22(24,25)11-20(32)27-17-8-5-14(6-9-17)16-7-10-19-29-21(30-31(19)13-16)28-18-4-2-1-3-15(18)12-26/h1-10,13H,11H2,(H,27,32)(H,28,30). The van der Waals surface area contributed by atoms with E-state index in [0.717, 1.165) is 11.1 Å². The second kappa shape index (κ2) is 8.39. The monoisotopic (exact) mass is 436 g/mol. The van der Waals surface area contributed by atoms with Crippen molar-refractivity contribution in [1.29, 1.82) is 5.26 Å². The molecule has 4 aromatic rings. The van der Waals surface area contributed by atoms with E-state index >= 15 is 0 Å². The van der Waals surface area contributed by atoms with E-state index in [9.17, 15) is 23.2 Å². The molecule has 0 saturated carbocycles. The SMILES string of the molecule is N#Cc1ccccc1Nc1nc2ccc(-c3ccc(NC(=O)CC(F)(F)F)cc3)cn2n1. The molecule has 2 aromatic carbocycles. The lowest BCUT2D eigenvalue weighted by Crippen LogP contribution is -2.21. The zero-order valence-electron chi connectivity index (χ0n) is 16.4. The number of anilines is 3. The van der Waals surface area contributed by atoms with Crippen molar-refractivity contribution in [2.45, 2.75) is 12.6 Å². The van der Waals surface area contributed by atoms with Gasteiger partial charge in [-0.15, -0.1) is 5.10 Å². The van der Waals surface area contributed by atoms with E-state index in [1.165, 1.54) is 12.1 Å². The van der Waals surface area contributed by atoms with Gasteiger partial charge in [0.2, 0.25) is 11.9 Å². The number of nitrogens with zero attached hydrogens (tertiary/aromatic N) is 4. The number of amides is 1. The molecule has 10 heteroatoms. The molecule has 0 aliphatic carbocycles. The van der Waals surface area contributed by atoms with E-state index < -0.39 is 18.5 Å². The zero-order chi connectivity index (χ0) is 22.7. The van der Waals surface area contributed by atoms with Gasteiger partial charge in [-0.25, -0.2) is 4.52 Å². The van der Waals surface area contributed by atoms with Gasteiger partial charge in [0.05, 0.1) is 11.3 Å². The minimum atomic E-state index is -4.55. The third kappa shape index (κ3) is 4.84. The number of fused-ring (bicyclic) bond motifs is 1. The van der Waals surface area contributed by atoms with E-state index in [1.54, 1.807) is 53.2 Å². The summed E-state index contributed by atoms with van der Waals surface area (Å²) in [6.07, 6.45) is -4.34. The minimum absolute atomic E-state index is 0.271. The fourth-order valence-electron chi connectivity index (χ4n) is 3.05. The summed E-state index contributed by atoms with van der Waals surface area (Å²) in [5, 5.41) is 18.8. The van der Waals surface area contributed by atoms with Crippen molar-refractivity contribution in [3.8, 4) is 17.2 Å². The van der Waals surface area contributed by atoms with E-state index in [1.807, 2.05) is 6.07 Å². The van der Waals surface area contributed by atoms with Crippen molar-refractivity contribution in [3.63, 3.8) is 0 Å². The number of aromatic nitrogens is 3. The topological polar surface area (TPSA) is 95.1 Å². The van der Waals surface area contributed by atoms with Crippen LogP contribution in [0.2, 0.25) is 0 Å². The van der Waals surface area contributed by atoms with E-state index in [-0.39, 0.29) is 5.69 Å². The number of benzene rings is 2. The highest BCUT2D eigenvalue weighted by Crippen LogP contribution is 2.24. The Bertz CT molecular complexity index is 1320. The molecule has 4 rings (SSSR count). The van der Waals surface area contributed by atoms with Crippen molar-refractivity contribution in [1.82, 2.24) is 14.6 Å². The maximum atomic E-state index is 12.3. The Kier molecular flexibility index (Phi) is 5.47. The van der Waals surface area contributed by atoms with Crippen LogP contribution in [-0.2, 0) is 4.79 Å². The highest BCUT2D eigenvalue weighted by atomic mass is 19.4. The summed E-state index contributed by atoms with van der Waals surface area (Å²) in [6.45, 7) is 0. The van der Waals surface area contributed by atoms with Crippen LogP contribution in [0.25, 0.3) is 16.8 Å². The van der Waals surface area contributed by atoms with Gasteiger partial charge < -0.3 is 10.6 Å². The average molecular weight is 436 g/mol. The summed E-state index contributed by atoms with van der Waals surface area (Å²) >= 11 is 0. The number of hydrogen-bond acceptors (Lipinski definition) is 5. The van der Waals surface area contributed by atoms with Crippen molar-refractivity contribution < 1.29 is 18.0 Å². The summed E-state index contributed by atoms with van der Waals surface area (Å²) in [6, 6.07) is 19.1. The van der Waals surface area contributed by atoms with Gasteiger partial charge in [0.1, 0.15) is 12.5 Å². The third-order valence-electron chi connectivity index (χ3n) is 4.49. The van der Waals surface area contributed by atoms with Crippen LogP contribution in [0.3, 0.4) is 0 Å². The number of hydrogen-bond donors (Lipinski definition) is 2. The number of alkyl halides is 3. The first-order chi connectivity index (χ1) is 15.3. The molecular formula is C22H15F3N6O. The fraction of sp³-hybridized carbons (Fsp3) is 0.0909. The summed E-state index contributed by atoms with van der Waals surface area (Å²) in [7, 11) is 0. The molecule has 32 heavy (non-hydrogen) atoms. The molecule has 160 valence electrons. The number of pyridine rings is 1. The first-order valence-electron chi connectivity index (χ1n) is 9.40. The normalized spacial score (nSPS) is 11.2. The number of nitriles is 1. The van der Waals surface area contributed by atoms with Crippen LogP contribution >= 0.6 is 0 Å². The van der Waals surface area contributed by atoms with Crippen LogP contribution < -0.4 is 10.6 Å². The van der Waals surface area contributed by atoms with Gasteiger partial charge in [-0.3, -0.25) is 4.79 Å². The maximum Gasteiger partial charge on any atom is 0.397 e. The molecular weight excluding hydrogens is 421 g/mol. The number of nitrogens with one attached hydrogen (secondary N) is 2. The first-order valence-corrected chi connectivity index (χ1v) is 9.40. The summed E-state index contributed by atoms with van der Waals surface area (Å²) in [5.74, 6) is -0.792. The van der Waals surface area contributed by atoms with Gasteiger partial charge in [-0.1, -0.05) is 24.3 Å². The Morgan fingerprint density at radius 2 is 1.75 bits per heavy atom. The molecule has 0 aliphatic heterocycles. The van der Waals surface area contributed by atoms with Crippen LogP contribution in [0.15, 0.2) is 66.9 Å². The first kappa shape index (κ1) is 20.9. The van der Waals surface area contributed by atoms with Crippen molar-refractivity contribution in [2.75, 3.05) is 10.6 Å². The van der Waals surface area contributed by atoms with E-state index in [4.69, 9.17) is 0 Å². The minimum Gasteiger partial charge on any atom is -0.326 e. The molecule has 0 unspecified atom stereocenters. The molecule has 0 atom stereocenters. The molecule has 2 N–H and O–H groups in total. The van der Waals surface area contributed by atoms with Gasteiger partial charge in [0.25, 0.3) is 0 Å². The number of carbonyl (C=O) groups excluding carboxylic acids is 1. The molecule has 0 aliphatic rings. The van der Waals surface area contributed by atoms with Crippen LogP contribution in [0, 0.1) is 11.3 Å². The highest BCUT2D eigenvalue weighted by molar-refractivity contribution is 5.91. The maximum absolute atomic E-state index is 12.3. The van der Waals surface area contributed by atoms with E-state index in [0.29, 0.717) is 22.8 Å². The van der Waals surface area contributed by atoms with Gasteiger partial charge in [0, 0.05) is 17.4 Å². The Morgan fingerprint density at radius 3 is 2.47 bits per heavy atom. The Balaban J connectivity index is 1.51. The summed E-state index contributed by atoms with van der Waals surface area (Å²) in [4.78, 5) is 15.8. The Hall–Kier alpha value is -4.39. The second-order valence-corrected chi connectivity index (χ2v) is 6.86. The van der Waals surface area contributed by atoms with Crippen molar-refractivity contribution in [3.05, 3.63) is 72.4 Å². The quantitative estimate of drug-likeness (QED) is 0.464. The predicted molar refractivity (Wildman–Crippen MR) is 112 cm³/mol. The van der Waals surface area contributed by atoms with Gasteiger partial charge in [0.15, 0.2) is 5.65 Å². The smallest absolute Gasteiger partial charge is 0.326 e. The van der Waals surface area contributed by atoms with E-state index in [2.05, 4.69) is 26.8 Å². The fourth-order valence-corrected chi connectivity index (χ4v) is 3.05. The predicted octanol–water partition coefficient (Wildman–Crippen LogP) is 4.90. The Labute approximate surface area is 180 Å². The average Bonchev–Trinajstić information content (AvgIpc) is 3.15. The second-order valence-electron chi connectivity index (χ2n) is 6.86. The summed E-state index contributed by atoms with van der Waals surface area (Å²) < 4.78 is 38.4. The number of carbonyl (C=O) groups is 1. The molecule has 0 saturated heterocycles. The number of halogens is 3. The zero-order valence-corrected chi connectivity index (χ0v) is 16.4.